The van der Waals surface area contributed by atoms with Crippen molar-refractivity contribution in [3.63, 3.8) is 0 Å². The maximum Gasteiger partial charge on any atom is 0.338 e. The van der Waals surface area contributed by atoms with Crippen LogP contribution in [0.15, 0.2) is 18.2 Å². The number of ether oxygens (including phenoxy) is 1. The second-order valence-electron chi connectivity index (χ2n) is 4.78. The van der Waals surface area contributed by atoms with E-state index in [2.05, 4.69) is 5.32 Å². The molecule has 1 saturated carbocycles. The van der Waals surface area contributed by atoms with Gasteiger partial charge in [-0.05, 0) is 31.0 Å². The predicted octanol–water partition coefficient (Wildman–Crippen LogP) is 3.21. The third-order valence-electron chi connectivity index (χ3n) is 3.15. The molecule has 0 atom stereocenters. The first-order valence-electron chi connectivity index (χ1n) is 6.47. The highest BCUT2D eigenvalue weighted by Gasteiger charge is 2.18. The Morgan fingerprint density at radius 3 is 2.35 bits per heavy atom. The molecule has 1 aliphatic rings. The van der Waals surface area contributed by atoms with Crippen LogP contribution in [0.25, 0.3) is 0 Å². The summed E-state index contributed by atoms with van der Waals surface area (Å²) in [6, 6.07) is 4.63. The van der Waals surface area contributed by atoms with Crippen molar-refractivity contribution in [1.82, 2.24) is 5.32 Å². The van der Waals surface area contributed by atoms with E-state index in [1.165, 1.54) is 18.2 Å². The van der Waals surface area contributed by atoms with Crippen molar-refractivity contribution < 1.29 is 14.3 Å². The summed E-state index contributed by atoms with van der Waals surface area (Å²) in [7, 11) is 0. The summed E-state index contributed by atoms with van der Waals surface area (Å²) in [6.45, 7) is -0.292. The highest BCUT2D eigenvalue weighted by molar-refractivity contribution is 6.35. The van der Waals surface area contributed by atoms with Crippen molar-refractivity contribution in [2.45, 2.75) is 31.7 Å². The van der Waals surface area contributed by atoms with Crippen LogP contribution < -0.4 is 5.32 Å². The first-order chi connectivity index (χ1) is 9.54. The SMILES string of the molecule is O=C(COC(=O)c1cc(Cl)cc(Cl)c1)NC1CCCC1. The molecule has 0 unspecified atom stereocenters. The Morgan fingerprint density at radius 2 is 1.75 bits per heavy atom. The lowest BCUT2D eigenvalue weighted by molar-refractivity contribution is -0.124. The first-order valence-corrected chi connectivity index (χ1v) is 7.23. The van der Waals surface area contributed by atoms with Crippen molar-refractivity contribution in [1.29, 1.82) is 0 Å². The highest BCUT2D eigenvalue weighted by atomic mass is 35.5. The van der Waals surface area contributed by atoms with Crippen LogP contribution in [0.4, 0.5) is 0 Å². The lowest BCUT2D eigenvalue weighted by atomic mass is 10.2. The number of nitrogens with one attached hydrogen (secondary N) is 1. The van der Waals surface area contributed by atoms with Gasteiger partial charge in [0.15, 0.2) is 6.61 Å². The fraction of sp³-hybridized carbons (Fsp3) is 0.429. The maximum atomic E-state index is 11.8. The lowest BCUT2D eigenvalue weighted by Crippen LogP contribution is -2.35. The number of amides is 1. The van der Waals surface area contributed by atoms with Crippen LogP contribution in [0, 0.1) is 0 Å². The summed E-state index contributed by atoms with van der Waals surface area (Å²) >= 11 is 11.6. The Bertz CT molecular complexity index is 493. The maximum absolute atomic E-state index is 11.8. The molecule has 0 bridgehead atoms. The summed E-state index contributed by atoms with van der Waals surface area (Å²) in [4.78, 5) is 23.4. The molecule has 20 heavy (non-hydrogen) atoms. The van der Waals surface area contributed by atoms with Gasteiger partial charge in [-0.15, -0.1) is 0 Å². The minimum Gasteiger partial charge on any atom is -0.452 e. The van der Waals surface area contributed by atoms with Gasteiger partial charge < -0.3 is 10.1 Å². The van der Waals surface area contributed by atoms with Crippen LogP contribution in [0.5, 0.6) is 0 Å². The van der Waals surface area contributed by atoms with Gasteiger partial charge in [-0.2, -0.15) is 0 Å². The number of benzene rings is 1. The molecule has 6 heteroatoms. The van der Waals surface area contributed by atoms with E-state index in [1.54, 1.807) is 0 Å². The Morgan fingerprint density at radius 1 is 1.15 bits per heavy atom. The molecule has 1 aliphatic carbocycles. The molecule has 1 aromatic carbocycles. The Hall–Kier alpha value is -1.26. The molecule has 2 rings (SSSR count). The van der Waals surface area contributed by atoms with Crippen LogP contribution in [0.3, 0.4) is 0 Å². The molecule has 0 aliphatic heterocycles. The van der Waals surface area contributed by atoms with Crippen molar-refractivity contribution >= 4 is 35.1 Å². The second kappa shape index (κ2) is 6.95. The third kappa shape index (κ3) is 4.39. The zero-order valence-electron chi connectivity index (χ0n) is 10.8. The molecule has 0 aromatic heterocycles. The number of hydrogen-bond donors (Lipinski definition) is 1. The molecule has 0 radical (unpaired) electrons. The second-order valence-corrected chi connectivity index (χ2v) is 5.66. The number of rotatable bonds is 4. The van der Waals surface area contributed by atoms with Gasteiger partial charge in [-0.3, -0.25) is 4.79 Å². The van der Waals surface area contributed by atoms with E-state index in [9.17, 15) is 9.59 Å². The number of carbonyl (C=O) groups excluding carboxylic acids is 2. The molecule has 1 fully saturated rings. The van der Waals surface area contributed by atoms with Gasteiger partial charge in [0.25, 0.3) is 5.91 Å². The van der Waals surface area contributed by atoms with Gasteiger partial charge >= 0.3 is 5.97 Å². The van der Waals surface area contributed by atoms with Crippen molar-refractivity contribution in [2.24, 2.45) is 0 Å². The standard InChI is InChI=1S/C14H15Cl2NO3/c15-10-5-9(6-11(16)7-10)14(19)20-8-13(18)17-12-3-1-2-4-12/h5-7,12H,1-4,8H2,(H,17,18). The third-order valence-corrected chi connectivity index (χ3v) is 3.59. The number of halogens is 2. The zero-order chi connectivity index (χ0) is 14.5. The van der Waals surface area contributed by atoms with E-state index in [4.69, 9.17) is 27.9 Å². The average Bonchev–Trinajstić information content (AvgIpc) is 2.87. The van der Waals surface area contributed by atoms with Crippen LogP contribution in [-0.2, 0) is 9.53 Å². The minimum atomic E-state index is -0.615. The monoisotopic (exact) mass is 315 g/mol. The molecule has 0 heterocycles. The van der Waals surface area contributed by atoms with Crippen molar-refractivity contribution in [3.8, 4) is 0 Å². The molecule has 0 saturated heterocycles. The van der Waals surface area contributed by atoms with Gasteiger partial charge in [0.05, 0.1) is 5.56 Å². The molecular formula is C14H15Cl2NO3. The fourth-order valence-electron chi connectivity index (χ4n) is 2.23. The summed E-state index contributed by atoms with van der Waals surface area (Å²) in [6.07, 6.45) is 4.24. The van der Waals surface area contributed by atoms with Gasteiger partial charge in [-0.1, -0.05) is 36.0 Å². The van der Waals surface area contributed by atoms with Gasteiger partial charge in [0.2, 0.25) is 0 Å². The normalized spacial score (nSPS) is 15.1. The van der Waals surface area contributed by atoms with E-state index >= 15 is 0 Å². The summed E-state index contributed by atoms with van der Waals surface area (Å²) < 4.78 is 4.94. The average molecular weight is 316 g/mol. The van der Waals surface area contributed by atoms with Crippen LogP contribution in [0.2, 0.25) is 10.0 Å². The van der Waals surface area contributed by atoms with E-state index in [0.29, 0.717) is 10.0 Å². The van der Waals surface area contributed by atoms with E-state index in [1.807, 2.05) is 0 Å². The smallest absolute Gasteiger partial charge is 0.338 e. The Labute approximate surface area is 127 Å². The Kier molecular flexibility index (Phi) is 5.26. The molecule has 0 spiro atoms. The predicted molar refractivity (Wildman–Crippen MR) is 77.1 cm³/mol. The van der Waals surface area contributed by atoms with Gasteiger partial charge in [0.1, 0.15) is 0 Å². The zero-order valence-corrected chi connectivity index (χ0v) is 12.3. The van der Waals surface area contributed by atoms with Crippen molar-refractivity contribution in [3.05, 3.63) is 33.8 Å². The summed E-state index contributed by atoms with van der Waals surface area (Å²) in [5, 5.41) is 3.53. The topological polar surface area (TPSA) is 55.4 Å². The quantitative estimate of drug-likeness (QED) is 0.868. The van der Waals surface area contributed by atoms with E-state index in [-0.39, 0.29) is 24.1 Å². The largest absolute Gasteiger partial charge is 0.452 e. The van der Waals surface area contributed by atoms with E-state index < -0.39 is 5.97 Å². The van der Waals surface area contributed by atoms with Crippen molar-refractivity contribution in [2.75, 3.05) is 6.61 Å². The van der Waals surface area contributed by atoms with E-state index in [0.717, 1.165) is 25.7 Å². The van der Waals surface area contributed by atoms with Gasteiger partial charge in [0, 0.05) is 16.1 Å². The number of hydrogen-bond acceptors (Lipinski definition) is 3. The lowest BCUT2D eigenvalue weighted by Gasteiger charge is -2.12. The number of carbonyl (C=O) groups is 2. The highest BCUT2D eigenvalue weighted by Crippen LogP contribution is 2.20. The molecular weight excluding hydrogens is 301 g/mol. The van der Waals surface area contributed by atoms with Crippen LogP contribution in [0.1, 0.15) is 36.0 Å². The molecule has 1 N–H and O–H groups in total. The fourth-order valence-corrected chi connectivity index (χ4v) is 2.75. The molecule has 1 aromatic rings. The van der Waals surface area contributed by atoms with Gasteiger partial charge in [-0.25, -0.2) is 4.79 Å². The number of esters is 1. The minimum absolute atomic E-state index is 0.210. The van der Waals surface area contributed by atoms with Crippen LogP contribution in [-0.4, -0.2) is 24.5 Å². The Balaban J connectivity index is 1.83. The molecule has 1 amide bonds. The van der Waals surface area contributed by atoms with Crippen LogP contribution >= 0.6 is 23.2 Å². The molecule has 4 nitrogen and oxygen atoms in total. The summed E-state index contributed by atoms with van der Waals surface area (Å²) in [5.74, 6) is -0.894. The summed E-state index contributed by atoms with van der Waals surface area (Å²) in [5.41, 5.74) is 0.233. The first kappa shape index (κ1) is 15.1. The molecule has 108 valence electrons.